The summed E-state index contributed by atoms with van der Waals surface area (Å²) in [7, 11) is 0. The van der Waals surface area contributed by atoms with Gasteiger partial charge in [-0.2, -0.15) is 5.10 Å². The Morgan fingerprint density at radius 3 is 2.15 bits per heavy atom. The van der Waals surface area contributed by atoms with Crippen molar-refractivity contribution in [1.82, 2.24) is 14.7 Å². The molecule has 39 heavy (non-hydrogen) atoms. The lowest BCUT2D eigenvalue weighted by Gasteiger charge is -2.34. The standard InChI is InChI=1S/C30H37Cl2N3O4/c1-16-10-23(31)26(24(32)11-16)25(36)15-34(19-12-21-22(13-19)29(21,3)4)27(37)20-14-33-35(17(20)2)18-6-8-30(5,9-7-18)28(38)39/h10-11,14,18-19,21-22H,6-9,12-13,15H2,1-5H3,(H,38,39). The molecule has 9 heteroatoms. The molecule has 0 radical (unpaired) electrons. The molecule has 0 spiro atoms. The summed E-state index contributed by atoms with van der Waals surface area (Å²) in [6, 6.07) is 3.43. The number of aliphatic carboxylic acids is 1. The molecule has 0 bridgehead atoms. The molecule has 3 aliphatic rings. The molecule has 1 aromatic carbocycles. The zero-order chi connectivity index (χ0) is 28.4. The van der Waals surface area contributed by atoms with E-state index in [2.05, 4.69) is 18.9 Å². The number of ketones is 1. The van der Waals surface area contributed by atoms with Gasteiger partial charge >= 0.3 is 5.97 Å². The molecule has 2 atom stereocenters. The summed E-state index contributed by atoms with van der Waals surface area (Å²) < 4.78 is 1.87. The van der Waals surface area contributed by atoms with Crippen molar-refractivity contribution in [2.24, 2.45) is 22.7 Å². The molecule has 1 amide bonds. The van der Waals surface area contributed by atoms with Gasteiger partial charge in [-0.05, 0) is 94.2 Å². The van der Waals surface area contributed by atoms with E-state index in [1.54, 1.807) is 30.2 Å². The molecule has 1 aromatic heterocycles. The minimum Gasteiger partial charge on any atom is -0.481 e. The smallest absolute Gasteiger partial charge is 0.309 e. The summed E-state index contributed by atoms with van der Waals surface area (Å²) in [5.74, 6) is -0.144. The summed E-state index contributed by atoms with van der Waals surface area (Å²) in [6.07, 6.45) is 5.85. The van der Waals surface area contributed by atoms with Crippen molar-refractivity contribution in [3.8, 4) is 0 Å². The number of hydrogen-bond acceptors (Lipinski definition) is 4. The summed E-state index contributed by atoms with van der Waals surface area (Å²) >= 11 is 12.9. The Morgan fingerprint density at radius 2 is 1.62 bits per heavy atom. The molecular weight excluding hydrogens is 537 g/mol. The summed E-state index contributed by atoms with van der Waals surface area (Å²) in [5.41, 5.74) is 1.91. The van der Waals surface area contributed by atoms with Crippen LogP contribution in [0.5, 0.6) is 0 Å². The first kappa shape index (κ1) is 28.2. The van der Waals surface area contributed by atoms with Gasteiger partial charge in [-0.1, -0.05) is 37.0 Å². The second-order valence-electron chi connectivity index (χ2n) is 12.8. The van der Waals surface area contributed by atoms with E-state index in [4.69, 9.17) is 23.2 Å². The van der Waals surface area contributed by atoms with Crippen LogP contribution in [-0.4, -0.2) is 50.0 Å². The molecule has 0 saturated heterocycles. The fourth-order valence-electron chi connectivity index (χ4n) is 7.15. The number of rotatable bonds is 7. The minimum atomic E-state index is -0.763. The topological polar surface area (TPSA) is 92.5 Å². The van der Waals surface area contributed by atoms with E-state index in [9.17, 15) is 19.5 Å². The van der Waals surface area contributed by atoms with Crippen LogP contribution in [0.25, 0.3) is 0 Å². The van der Waals surface area contributed by atoms with E-state index in [1.165, 1.54) is 0 Å². The normalized spacial score (nSPS) is 29.1. The largest absolute Gasteiger partial charge is 0.481 e. The van der Waals surface area contributed by atoms with E-state index >= 15 is 0 Å². The quantitative estimate of drug-likeness (QED) is 0.369. The van der Waals surface area contributed by atoms with Crippen LogP contribution in [0.1, 0.15) is 97.3 Å². The van der Waals surface area contributed by atoms with Gasteiger partial charge < -0.3 is 10.0 Å². The fraction of sp³-hybridized carbons (Fsp3) is 0.600. The third-order valence-corrected chi connectivity index (χ3v) is 10.6. The Bertz CT molecular complexity index is 1300. The van der Waals surface area contributed by atoms with Crippen molar-refractivity contribution in [3.63, 3.8) is 0 Å². The SMILES string of the molecule is Cc1cc(Cl)c(C(=O)CN(C(=O)c2cnn(C3CCC(C)(C(=O)O)CC3)c2C)C2CC3C(C2)C3(C)C)c(Cl)c1. The van der Waals surface area contributed by atoms with Gasteiger partial charge in [0.2, 0.25) is 0 Å². The van der Waals surface area contributed by atoms with Crippen molar-refractivity contribution < 1.29 is 19.5 Å². The molecule has 0 aliphatic heterocycles. The van der Waals surface area contributed by atoms with E-state index in [0.29, 0.717) is 53.1 Å². The molecule has 210 valence electrons. The molecule has 3 saturated carbocycles. The van der Waals surface area contributed by atoms with Gasteiger partial charge in [-0.25, -0.2) is 0 Å². The molecule has 7 nitrogen and oxygen atoms in total. The van der Waals surface area contributed by atoms with Gasteiger partial charge in [0.05, 0.1) is 45.4 Å². The Balaban J connectivity index is 1.40. The summed E-state index contributed by atoms with van der Waals surface area (Å²) in [5, 5.41) is 14.8. The van der Waals surface area contributed by atoms with Crippen LogP contribution >= 0.6 is 23.2 Å². The summed E-state index contributed by atoms with van der Waals surface area (Å²) in [4.78, 5) is 41.0. The maximum atomic E-state index is 14.1. The monoisotopic (exact) mass is 573 g/mol. The number of carboxylic acid groups (broad SMARTS) is 1. The predicted molar refractivity (Wildman–Crippen MR) is 151 cm³/mol. The number of Topliss-reactive ketones (excluding diaryl/α,β-unsaturated/α-hetero) is 1. The molecule has 3 aliphatic carbocycles. The number of fused-ring (bicyclic) bond motifs is 1. The number of amides is 1. The molecule has 2 aromatic rings. The Morgan fingerprint density at radius 1 is 1.05 bits per heavy atom. The second kappa shape index (κ2) is 9.91. The average molecular weight is 575 g/mol. The van der Waals surface area contributed by atoms with Crippen molar-refractivity contribution in [2.45, 2.75) is 85.2 Å². The van der Waals surface area contributed by atoms with Crippen LogP contribution < -0.4 is 0 Å². The molecule has 3 fully saturated rings. The lowest BCUT2D eigenvalue weighted by molar-refractivity contribution is -0.150. The first-order valence-electron chi connectivity index (χ1n) is 13.8. The van der Waals surface area contributed by atoms with E-state index in [-0.39, 0.29) is 41.3 Å². The first-order valence-corrected chi connectivity index (χ1v) is 14.6. The van der Waals surface area contributed by atoms with E-state index in [0.717, 1.165) is 24.1 Å². The fourth-order valence-corrected chi connectivity index (χ4v) is 7.96. The lowest BCUT2D eigenvalue weighted by Crippen LogP contribution is -2.43. The number of carboxylic acids is 1. The highest BCUT2D eigenvalue weighted by Gasteiger charge is 2.63. The highest BCUT2D eigenvalue weighted by Crippen LogP contribution is 2.67. The van der Waals surface area contributed by atoms with Gasteiger partial charge in [0.25, 0.3) is 5.91 Å². The number of halogens is 2. The van der Waals surface area contributed by atoms with Crippen molar-refractivity contribution in [1.29, 1.82) is 0 Å². The number of carbonyl (C=O) groups excluding carboxylic acids is 2. The minimum absolute atomic E-state index is 0.0406. The number of carbonyl (C=O) groups is 3. The van der Waals surface area contributed by atoms with Crippen molar-refractivity contribution in [3.05, 3.63) is 50.8 Å². The van der Waals surface area contributed by atoms with Crippen LogP contribution in [0.15, 0.2) is 18.3 Å². The van der Waals surface area contributed by atoms with Crippen molar-refractivity contribution in [2.75, 3.05) is 6.54 Å². The third-order valence-electron chi connectivity index (χ3n) is 10.0. The van der Waals surface area contributed by atoms with Gasteiger partial charge in [-0.15, -0.1) is 0 Å². The second-order valence-corrected chi connectivity index (χ2v) is 13.6. The number of benzene rings is 1. The van der Waals surface area contributed by atoms with Crippen LogP contribution in [-0.2, 0) is 4.79 Å². The number of aromatic nitrogens is 2. The number of nitrogens with zero attached hydrogens (tertiary/aromatic N) is 3. The molecule has 5 rings (SSSR count). The summed E-state index contributed by atoms with van der Waals surface area (Å²) in [6.45, 7) is 9.99. The zero-order valence-corrected chi connectivity index (χ0v) is 24.8. The van der Waals surface area contributed by atoms with Gasteiger partial charge in [-0.3, -0.25) is 19.1 Å². The maximum Gasteiger partial charge on any atom is 0.309 e. The first-order chi connectivity index (χ1) is 18.2. The molecule has 1 N–H and O–H groups in total. The van der Waals surface area contributed by atoms with Crippen LogP contribution in [0.4, 0.5) is 0 Å². The molecular formula is C30H37Cl2N3O4. The zero-order valence-electron chi connectivity index (χ0n) is 23.3. The van der Waals surface area contributed by atoms with E-state index in [1.807, 2.05) is 18.5 Å². The van der Waals surface area contributed by atoms with Gasteiger partial charge in [0.15, 0.2) is 5.78 Å². The maximum absolute atomic E-state index is 14.1. The van der Waals surface area contributed by atoms with Gasteiger partial charge in [0, 0.05) is 11.7 Å². The van der Waals surface area contributed by atoms with Crippen LogP contribution in [0.3, 0.4) is 0 Å². The Hall–Kier alpha value is -2.38. The van der Waals surface area contributed by atoms with Crippen molar-refractivity contribution >= 4 is 40.9 Å². The predicted octanol–water partition coefficient (Wildman–Crippen LogP) is 6.77. The van der Waals surface area contributed by atoms with Crippen LogP contribution in [0, 0.1) is 36.5 Å². The highest BCUT2D eigenvalue weighted by atomic mass is 35.5. The third kappa shape index (κ3) is 4.90. The Kier molecular flexibility index (Phi) is 7.16. The van der Waals surface area contributed by atoms with Crippen LogP contribution in [0.2, 0.25) is 10.0 Å². The average Bonchev–Trinajstić information content (AvgIpc) is 3.23. The van der Waals surface area contributed by atoms with E-state index < -0.39 is 11.4 Å². The number of hydrogen-bond donors (Lipinski definition) is 1. The highest BCUT2D eigenvalue weighted by molar-refractivity contribution is 6.40. The molecule has 2 unspecified atom stereocenters. The van der Waals surface area contributed by atoms with Gasteiger partial charge in [0.1, 0.15) is 0 Å². The molecule has 1 heterocycles. The number of aryl methyl sites for hydroxylation is 1. The lowest BCUT2D eigenvalue weighted by atomic mass is 9.74. The Labute approximate surface area is 239 Å².